The van der Waals surface area contributed by atoms with E-state index < -0.39 is 0 Å². The van der Waals surface area contributed by atoms with Gasteiger partial charge in [0.2, 0.25) is 0 Å². The highest BCUT2D eigenvalue weighted by atomic mass is 32.2. The van der Waals surface area contributed by atoms with Crippen LogP contribution in [0.1, 0.15) is 46.5 Å². The largest absolute Gasteiger partial charge is 0.466 e. The average molecular weight is 259 g/mol. The first-order valence-corrected chi connectivity index (χ1v) is 7.75. The van der Waals surface area contributed by atoms with Gasteiger partial charge in [0.15, 0.2) is 0 Å². The standard InChI is InChI=1S/C13H25NO2S/c1-4-16-13(15)9-10(3)14-11-7-6-8-12(11)17-5-2/h10-12,14H,4-9H2,1-3H3. The number of ether oxygens (including phenoxy) is 1. The van der Waals surface area contributed by atoms with Crippen molar-refractivity contribution in [2.45, 2.75) is 63.8 Å². The molecule has 0 amide bonds. The summed E-state index contributed by atoms with van der Waals surface area (Å²) in [7, 11) is 0. The molecule has 0 aromatic carbocycles. The molecule has 3 atom stereocenters. The lowest BCUT2D eigenvalue weighted by atomic mass is 10.1. The minimum Gasteiger partial charge on any atom is -0.466 e. The summed E-state index contributed by atoms with van der Waals surface area (Å²) in [6.07, 6.45) is 4.34. The maximum absolute atomic E-state index is 11.4. The van der Waals surface area contributed by atoms with Crippen LogP contribution >= 0.6 is 11.8 Å². The zero-order chi connectivity index (χ0) is 12.7. The normalized spacial score (nSPS) is 25.8. The molecule has 0 heterocycles. The number of esters is 1. The molecule has 0 aliphatic heterocycles. The Labute approximate surface area is 109 Å². The highest BCUT2D eigenvalue weighted by molar-refractivity contribution is 7.99. The molecule has 1 N–H and O–H groups in total. The Morgan fingerprint density at radius 3 is 2.88 bits per heavy atom. The van der Waals surface area contributed by atoms with Gasteiger partial charge < -0.3 is 10.1 Å². The van der Waals surface area contributed by atoms with E-state index >= 15 is 0 Å². The Morgan fingerprint density at radius 2 is 2.24 bits per heavy atom. The van der Waals surface area contributed by atoms with Crippen molar-refractivity contribution in [1.82, 2.24) is 5.32 Å². The maximum Gasteiger partial charge on any atom is 0.307 e. The smallest absolute Gasteiger partial charge is 0.307 e. The van der Waals surface area contributed by atoms with Crippen LogP contribution in [0.3, 0.4) is 0 Å². The molecule has 1 aliphatic rings. The van der Waals surface area contributed by atoms with Crippen molar-refractivity contribution in [3.05, 3.63) is 0 Å². The summed E-state index contributed by atoms with van der Waals surface area (Å²) in [4.78, 5) is 11.4. The molecule has 3 nitrogen and oxygen atoms in total. The third kappa shape index (κ3) is 5.30. The number of thioether (sulfide) groups is 1. The van der Waals surface area contributed by atoms with E-state index in [4.69, 9.17) is 4.74 Å². The van der Waals surface area contributed by atoms with E-state index in [-0.39, 0.29) is 12.0 Å². The van der Waals surface area contributed by atoms with Crippen molar-refractivity contribution in [3.63, 3.8) is 0 Å². The Bertz CT molecular complexity index is 235. The first-order valence-electron chi connectivity index (χ1n) is 6.70. The molecule has 100 valence electrons. The van der Waals surface area contributed by atoms with Gasteiger partial charge in [0, 0.05) is 17.3 Å². The first kappa shape index (κ1) is 14.8. The Hall–Kier alpha value is -0.220. The fraction of sp³-hybridized carbons (Fsp3) is 0.923. The van der Waals surface area contributed by atoms with Gasteiger partial charge in [0.05, 0.1) is 13.0 Å². The number of hydrogen-bond donors (Lipinski definition) is 1. The van der Waals surface area contributed by atoms with Crippen LogP contribution in [-0.4, -0.2) is 35.7 Å². The molecule has 1 rings (SSSR count). The second kappa shape index (κ2) is 7.98. The van der Waals surface area contributed by atoms with Gasteiger partial charge >= 0.3 is 5.97 Å². The highest BCUT2D eigenvalue weighted by Crippen LogP contribution is 2.30. The summed E-state index contributed by atoms with van der Waals surface area (Å²) in [5, 5.41) is 4.31. The van der Waals surface area contributed by atoms with Gasteiger partial charge in [-0.3, -0.25) is 4.79 Å². The van der Waals surface area contributed by atoms with Crippen LogP contribution < -0.4 is 5.32 Å². The Kier molecular flexibility index (Phi) is 6.97. The monoisotopic (exact) mass is 259 g/mol. The van der Waals surface area contributed by atoms with Gasteiger partial charge in [-0.15, -0.1) is 0 Å². The zero-order valence-corrected chi connectivity index (χ0v) is 12.0. The van der Waals surface area contributed by atoms with Crippen molar-refractivity contribution in [3.8, 4) is 0 Å². The summed E-state index contributed by atoms with van der Waals surface area (Å²) in [6.45, 7) is 6.61. The fourth-order valence-corrected chi connectivity index (χ4v) is 3.63. The SMILES string of the molecule is CCOC(=O)CC(C)NC1CCCC1SCC. The van der Waals surface area contributed by atoms with Crippen molar-refractivity contribution in [2.24, 2.45) is 0 Å². The zero-order valence-electron chi connectivity index (χ0n) is 11.2. The maximum atomic E-state index is 11.4. The van der Waals surface area contributed by atoms with Crippen molar-refractivity contribution in [2.75, 3.05) is 12.4 Å². The van der Waals surface area contributed by atoms with Crippen molar-refractivity contribution >= 4 is 17.7 Å². The van der Waals surface area contributed by atoms with E-state index in [0.717, 1.165) is 5.25 Å². The van der Waals surface area contributed by atoms with Crippen LogP contribution in [0, 0.1) is 0 Å². The van der Waals surface area contributed by atoms with Crippen LogP contribution in [0.25, 0.3) is 0 Å². The lowest BCUT2D eigenvalue weighted by Crippen LogP contribution is -2.41. The number of nitrogens with one attached hydrogen (secondary N) is 1. The van der Waals surface area contributed by atoms with Gasteiger partial charge in [-0.1, -0.05) is 13.3 Å². The molecule has 0 spiro atoms. The van der Waals surface area contributed by atoms with E-state index in [2.05, 4.69) is 19.2 Å². The molecule has 17 heavy (non-hydrogen) atoms. The quantitative estimate of drug-likeness (QED) is 0.713. The molecule has 0 aromatic heterocycles. The fourth-order valence-electron chi connectivity index (χ4n) is 2.42. The molecule has 0 bridgehead atoms. The highest BCUT2D eigenvalue weighted by Gasteiger charge is 2.28. The van der Waals surface area contributed by atoms with E-state index in [9.17, 15) is 4.79 Å². The number of carbonyl (C=O) groups excluding carboxylic acids is 1. The van der Waals surface area contributed by atoms with Gasteiger partial charge in [0.1, 0.15) is 0 Å². The molecule has 4 heteroatoms. The minimum absolute atomic E-state index is 0.0924. The minimum atomic E-state index is -0.0924. The van der Waals surface area contributed by atoms with Gasteiger partial charge in [-0.25, -0.2) is 0 Å². The Balaban J connectivity index is 2.29. The molecular weight excluding hydrogens is 234 g/mol. The second-order valence-corrected chi connectivity index (χ2v) is 6.12. The molecule has 1 fully saturated rings. The number of carbonyl (C=O) groups is 1. The summed E-state index contributed by atoms with van der Waals surface area (Å²) >= 11 is 2.04. The van der Waals surface area contributed by atoms with Gasteiger partial charge in [-0.2, -0.15) is 11.8 Å². The van der Waals surface area contributed by atoms with Crippen LogP contribution in [0.15, 0.2) is 0 Å². The lowest BCUT2D eigenvalue weighted by Gasteiger charge is -2.24. The predicted octanol–water partition coefficient (Wildman–Crippen LogP) is 2.59. The second-order valence-electron chi connectivity index (χ2n) is 4.61. The van der Waals surface area contributed by atoms with E-state index in [1.165, 1.54) is 25.0 Å². The summed E-state index contributed by atoms with van der Waals surface area (Å²) in [6, 6.07) is 0.793. The van der Waals surface area contributed by atoms with Crippen molar-refractivity contribution < 1.29 is 9.53 Å². The third-order valence-corrected chi connectivity index (χ3v) is 4.44. The number of rotatable bonds is 7. The summed E-state index contributed by atoms with van der Waals surface area (Å²) in [5.74, 6) is 1.08. The van der Waals surface area contributed by atoms with E-state index in [1.54, 1.807) is 0 Å². The van der Waals surface area contributed by atoms with Crippen molar-refractivity contribution in [1.29, 1.82) is 0 Å². The molecule has 1 saturated carbocycles. The molecule has 3 unspecified atom stereocenters. The first-order chi connectivity index (χ1) is 8.17. The van der Waals surface area contributed by atoms with Gasteiger partial charge in [-0.05, 0) is 32.4 Å². The molecule has 1 aliphatic carbocycles. The van der Waals surface area contributed by atoms with Crippen LogP contribution in [0.5, 0.6) is 0 Å². The molecule has 0 saturated heterocycles. The predicted molar refractivity (Wildman–Crippen MR) is 73.4 cm³/mol. The molecular formula is C13H25NO2S. The van der Waals surface area contributed by atoms with Crippen LogP contribution in [-0.2, 0) is 9.53 Å². The Morgan fingerprint density at radius 1 is 1.47 bits per heavy atom. The topological polar surface area (TPSA) is 38.3 Å². The van der Waals surface area contributed by atoms with Gasteiger partial charge in [0.25, 0.3) is 0 Å². The summed E-state index contributed by atoms with van der Waals surface area (Å²) in [5.41, 5.74) is 0. The lowest BCUT2D eigenvalue weighted by molar-refractivity contribution is -0.143. The van der Waals surface area contributed by atoms with E-state index in [1.807, 2.05) is 18.7 Å². The van der Waals surface area contributed by atoms with Crippen LogP contribution in [0.2, 0.25) is 0 Å². The third-order valence-electron chi connectivity index (χ3n) is 3.11. The number of hydrogen-bond acceptors (Lipinski definition) is 4. The molecule has 0 radical (unpaired) electrons. The summed E-state index contributed by atoms with van der Waals surface area (Å²) < 4.78 is 4.97. The van der Waals surface area contributed by atoms with Crippen LogP contribution in [0.4, 0.5) is 0 Å². The molecule has 0 aromatic rings. The van der Waals surface area contributed by atoms with E-state index in [0.29, 0.717) is 19.1 Å². The average Bonchev–Trinajstić information content (AvgIpc) is 2.66.